The zero-order valence-corrected chi connectivity index (χ0v) is 16.7. The Labute approximate surface area is 173 Å². The van der Waals surface area contributed by atoms with E-state index in [1.54, 1.807) is 37.6 Å². The van der Waals surface area contributed by atoms with E-state index in [1.807, 2.05) is 19.1 Å². The number of carbonyl (C=O) groups excluding carboxylic acids is 1. The largest absolute Gasteiger partial charge is 0.497 e. The first-order valence-electron chi connectivity index (χ1n) is 9.40. The number of carbonyl (C=O) groups is 1. The van der Waals surface area contributed by atoms with Crippen LogP contribution in [0.3, 0.4) is 0 Å². The van der Waals surface area contributed by atoms with Gasteiger partial charge >= 0.3 is 0 Å². The second kappa shape index (κ2) is 9.60. The summed E-state index contributed by atoms with van der Waals surface area (Å²) in [7, 11) is 1.56. The van der Waals surface area contributed by atoms with Gasteiger partial charge in [0.15, 0.2) is 0 Å². The number of amides is 1. The molecule has 156 valence electrons. The van der Waals surface area contributed by atoms with Gasteiger partial charge in [0.1, 0.15) is 23.0 Å². The number of non-ortho nitro benzene ring substituents is 1. The summed E-state index contributed by atoms with van der Waals surface area (Å²) in [5.74, 6) is 1.74. The molecule has 0 aliphatic heterocycles. The molecule has 0 saturated carbocycles. The first-order chi connectivity index (χ1) is 14.5. The van der Waals surface area contributed by atoms with Crippen LogP contribution in [0.15, 0.2) is 65.3 Å². The Hall–Kier alpha value is -3.81. The maximum Gasteiger partial charge on any atom is 0.270 e. The van der Waals surface area contributed by atoms with E-state index in [-0.39, 0.29) is 23.0 Å². The third-order valence-electron chi connectivity index (χ3n) is 4.49. The zero-order chi connectivity index (χ0) is 21.5. The number of nitro groups is 1. The summed E-state index contributed by atoms with van der Waals surface area (Å²) in [6.07, 6.45) is 2.92. The molecule has 0 aliphatic rings. The Bertz CT molecular complexity index is 999. The van der Waals surface area contributed by atoms with Crippen molar-refractivity contribution in [3.8, 4) is 17.2 Å². The topological polar surface area (TPSA) is 104 Å². The second-order valence-electron chi connectivity index (χ2n) is 6.71. The van der Waals surface area contributed by atoms with Gasteiger partial charge in [-0.3, -0.25) is 14.9 Å². The molecule has 0 aliphatic carbocycles. The molecule has 0 spiro atoms. The minimum atomic E-state index is -0.547. The van der Waals surface area contributed by atoms with Crippen molar-refractivity contribution in [2.75, 3.05) is 7.11 Å². The fourth-order valence-corrected chi connectivity index (χ4v) is 2.86. The number of furan rings is 1. The molecule has 0 saturated heterocycles. The lowest BCUT2D eigenvalue weighted by Gasteiger charge is -2.16. The number of methoxy groups -OCH3 is 1. The maximum atomic E-state index is 12.8. The van der Waals surface area contributed by atoms with Crippen LogP contribution in [0.2, 0.25) is 0 Å². The molecule has 1 aromatic heterocycles. The van der Waals surface area contributed by atoms with Gasteiger partial charge in [-0.05, 0) is 55.8 Å². The molecule has 0 bridgehead atoms. The highest BCUT2D eigenvalue weighted by molar-refractivity contribution is 5.97. The fraction of sp³-hybridized carbons (Fsp3) is 0.227. The van der Waals surface area contributed by atoms with Crippen LogP contribution in [0.25, 0.3) is 0 Å². The fourth-order valence-electron chi connectivity index (χ4n) is 2.86. The standard InChI is InChI=1S/C22H22N2O6/c1-15(5-7-18-4-3-13-29-18)23-22(25)20-14-16(24(26)27)6-12-21(20)30-19-10-8-17(28-2)9-11-19/h3-4,6,8-15H,5,7H2,1-2H3,(H,23,25). The van der Waals surface area contributed by atoms with E-state index in [1.165, 1.54) is 18.2 Å². The predicted octanol–water partition coefficient (Wildman–Crippen LogP) is 4.74. The molecule has 8 nitrogen and oxygen atoms in total. The van der Waals surface area contributed by atoms with Crippen LogP contribution in [0.1, 0.15) is 29.5 Å². The smallest absolute Gasteiger partial charge is 0.270 e. The molecule has 3 aromatic rings. The SMILES string of the molecule is COc1ccc(Oc2ccc([N+](=O)[O-])cc2C(=O)NC(C)CCc2ccco2)cc1. The van der Waals surface area contributed by atoms with Crippen molar-refractivity contribution in [2.24, 2.45) is 0 Å². The number of rotatable bonds is 9. The number of hydrogen-bond acceptors (Lipinski definition) is 6. The summed E-state index contributed by atoms with van der Waals surface area (Å²) in [6, 6.07) is 14.3. The molecule has 1 atom stereocenters. The molecule has 0 radical (unpaired) electrons. The highest BCUT2D eigenvalue weighted by Gasteiger charge is 2.20. The molecule has 1 unspecified atom stereocenters. The van der Waals surface area contributed by atoms with Gasteiger partial charge in [-0.1, -0.05) is 0 Å². The first-order valence-corrected chi connectivity index (χ1v) is 9.40. The van der Waals surface area contributed by atoms with E-state index in [0.29, 0.717) is 24.3 Å². The van der Waals surface area contributed by atoms with E-state index in [4.69, 9.17) is 13.9 Å². The third-order valence-corrected chi connectivity index (χ3v) is 4.49. The van der Waals surface area contributed by atoms with Crippen molar-refractivity contribution < 1.29 is 23.6 Å². The Kier molecular flexibility index (Phi) is 6.69. The van der Waals surface area contributed by atoms with Crippen molar-refractivity contribution >= 4 is 11.6 Å². The number of ether oxygens (including phenoxy) is 2. The predicted molar refractivity (Wildman–Crippen MR) is 110 cm³/mol. The van der Waals surface area contributed by atoms with E-state index >= 15 is 0 Å². The zero-order valence-electron chi connectivity index (χ0n) is 16.7. The normalized spacial score (nSPS) is 11.5. The van der Waals surface area contributed by atoms with Crippen molar-refractivity contribution in [3.05, 3.63) is 82.3 Å². The van der Waals surface area contributed by atoms with Crippen LogP contribution in [-0.4, -0.2) is 24.0 Å². The molecule has 2 aromatic carbocycles. The van der Waals surface area contributed by atoms with Gasteiger partial charge in [0.2, 0.25) is 0 Å². The summed E-state index contributed by atoms with van der Waals surface area (Å²) < 4.78 is 16.2. The van der Waals surface area contributed by atoms with Gasteiger partial charge in [0.25, 0.3) is 11.6 Å². The second-order valence-corrected chi connectivity index (χ2v) is 6.71. The summed E-state index contributed by atoms with van der Waals surface area (Å²) in [5.41, 5.74) is -0.102. The minimum absolute atomic E-state index is 0.0878. The molecular formula is C22H22N2O6. The highest BCUT2D eigenvalue weighted by Crippen LogP contribution is 2.30. The van der Waals surface area contributed by atoms with E-state index in [2.05, 4.69) is 5.32 Å². The first kappa shape index (κ1) is 20.9. The van der Waals surface area contributed by atoms with E-state index in [0.717, 1.165) is 5.76 Å². The highest BCUT2D eigenvalue weighted by atomic mass is 16.6. The van der Waals surface area contributed by atoms with Gasteiger partial charge < -0.3 is 19.2 Å². The molecule has 0 fully saturated rings. The van der Waals surface area contributed by atoms with Gasteiger partial charge in [0, 0.05) is 24.6 Å². The Morgan fingerprint density at radius 1 is 1.17 bits per heavy atom. The maximum absolute atomic E-state index is 12.8. The average Bonchev–Trinajstić information content (AvgIpc) is 3.26. The van der Waals surface area contributed by atoms with E-state index < -0.39 is 10.8 Å². The lowest BCUT2D eigenvalue weighted by atomic mass is 10.1. The molecule has 1 amide bonds. The summed E-state index contributed by atoms with van der Waals surface area (Å²) in [5, 5.41) is 14.0. The van der Waals surface area contributed by atoms with E-state index in [9.17, 15) is 14.9 Å². The minimum Gasteiger partial charge on any atom is -0.497 e. The van der Waals surface area contributed by atoms with Crippen LogP contribution in [-0.2, 0) is 6.42 Å². The molecule has 1 heterocycles. The number of nitro benzene ring substituents is 1. The summed E-state index contributed by atoms with van der Waals surface area (Å²) in [4.78, 5) is 23.5. The number of benzene rings is 2. The molecule has 30 heavy (non-hydrogen) atoms. The van der Waals surface area contributed by atoms with Gasteiger partial charge in [-0.2, -0.15) is 0 Å². The van der Waals surface area contributed by atoms with Crippen LogP contribution in [0.4, 0.5) is 5.69 Å². The monoisotopic (exact) mass is 410 g/mol. The van der Waals surface area contributed by atoms with Gasteiger partial charge in [-0.15, -0.1) is 0 Å². The van der Waals surface area contributed by atoms with Gasteiger partial charge in [-0.25, -0.2) is 0 Å². The number of aryl methyl sites for hydroxylation is 1. The molecular weight excluding hydrogens is 388 g/mol. The van der Waals surface area contributed by atoms with Crippen molar-refractivity contribution in [1.29, 1.82) is 0 Å². The molecule has 3 rings (SSSR count). The molecule has 1 N–H and O–H groups in total. The third kappa shape index (κ3) is 5.38. The van der Waals surface area contributed by atoms with Crippen molar-refractivity contribution in [1.82, 2.24) is 5.32 Å². The van der Waals surface area contributed by atoms with Crippen LogP contribution in [0.5, 0.6) is 17.2 Å². The number of nitrogens with one attached hydrogen (secondary N) is 1. The number of hydrogen-bond donors (Lipinski definition) is 1. The summed E-state index contributed by atoms with van der Waals surface area (Å²) in [6.45, 7) is 1.86. The Morgan fingerprint density at radius 3 is 2.53 bits per heavy atom. The van der Waals surface area contributed by atoms with Crippen molar-refractivity contribution in [2.45, 2.75) is 25.8 Å². The lowest BCUT2D eigenvalue weighted by molar-refractivity contribution is -0.384. The Morgan fingerprint density at radius 2 is 1.90 bits per heavy atom. The van der Waals surface area contributed by atoms with Crippen LogP contribution in [0, 0.1) is 10.1 Å². The summed E-state index contributed by atoms with van der Waals surface area (Å²) >= 11 is 0. The lowest BCUT2D eigenvalue weighted by Crippen LogP contribution is -2.33. The van der Waals surface area contributed by atoms with Gasteiger partial charge in [0.05, 0.1) is 23.9 Å². The Balaban J connectivity index is 1.76. The number of nitrogens with zero attached hydrogens (tertiary/aromatic N) is 1. The van der Waals surface area contributed by atoms with Crippen molar-refractivity contribution in [3.63, 3.8) is 0 Å². The van der Waals surface area contributed by atoms with Crippen LogP contribution < -0.4 is 14.8 Å². The molecule has 8 heteroatoms. The van der Waals surface area contributed by atoms with Crippen LogP contribution >= 0.6 is 0 Å². The average molecular weight is 410 g/mol. The quantitative estimate of drug-likeness (QED) is 0.404.